The molecule has 1 aliphatic rings. The number of aryl methyl sites for hydroxylation is 1. The Hall–Kier alpha value is -3.82. The van der Waals surface area contributed by atoms with E-state index in [1.54, 1.807) is 43.3 Å². The topological polar surface area (TPSA) is 105 Å². The number of hydrogen-bond acceptors (Lipinski definition) is 6. The van der Waals surface area contributed by atoms with Gasteiger partial charge in [0.05, 0.1) is 10.6 Å². The van der Waals surface area contributed by atoms with Gasteiger partial charge in [0.2, 0.25) is 21.7 Å². The molecule has 172 valence electrons. The Morgan fingerprint density at radius 3 is 2.56 bits per heavy atom. The first-order chi connectivity index (χ1) is 16.4. The number of benzene rings is 3. The summed E-state index contributed by atoms with van der Waals surface area (Å²) in [6.07, 6.45) is 0.655. The molecule has 34 heavy (non-hydrogen) atoms. The van der Waals surface area contributed by atoms with E-state index in [2.05, 4.69) is 15.5 Å². The molecular formula is C25H22N4O4S. The third kappa shape index (κ3) is 4.23. The number of carbonyl (C=O) groups is 1. The van der Waals surface area contributed by atoms with Crippen molar-refractivity contribution in [3.8, 4) is 11.4 Å². The Balaban J connectivity index is 1.39. The summed E-state index contributed by atoms with van der Waals surface area (Å²) >= 11 is 0. The van der Waals surface area contributed by atoms with Crippen LogP contribution in [0.25, 0.3) is 11.4 Å². The minimum absolute atomic E-state index is 0.0848. The lowest BCUT2D eigenvalue weighted by Crippen LogP contribution is -2.36. The smallest absolute Gasteiger partial charge is 0.255 e. The van der Waals surface area contributed by atoms with E-state index in [0.717, 1.165) is 11.1 Å². The zero-order valence-corrected chi connectivity index (χ0v) is 19.2. The molecule has 0 bridgehead atoms. The van der Waals surface area contributed by atoms with Gasteiger partial charge in [0.1, 0.15) is 0 Å². The Labute approximate surface area is 197 Å². The largest absolute Gasteiger partial charge is 0.339 e. The second-order valence-electron chi connectivity index (χ2n) is 8.02. The van der Waals surface area contributed by atoms with Gasteiger partial charge in [0.25, 0.3) is 5.91 Å². The van der Waals surface area contributed by atoms with E-state index >= 15 is 0 Å². The normalized spacial score (nSPS) is 13.9. The van der Waals surface area contributed by atoms with Crippen LogP contribution in [0.5, 0.6) is 0 Å². The number of sulfonamides is 1. The summed E-state index contributed by atoms with van der Waals surface area (Å²) in [5.74, 6) is 0.332. The lowest BCUT2D eigenvalue weighted by Gasteiger charge is -2.28. The molecule has 1 aromatic heterocycles. The highest BCUT2D eigenvalue weighted by Gasteiger charge is 2.28. The Morgan fingerprint density at radius 2 is 1.76 bits per heavy atom. The van der Waals surface area contributed by atoms with Crippen LogP contribution in [-0.2, 0) is 23.0 Å². The van der Waals surface area contributed by atoms with Crippen molar-refractivity contribution >= 4 is 21.6 Å². The number of amides is 1. The summed E-state index contributed by atoms with van der Waals surface area (Å²) in [6, 6.07) is 21.0. The Morgan fingerprint density at radius 1 is 1.00 bits per heavy atom. The van der Waals surface area contributed by atoms with Gasteiger partial charge in [-0.2, -0.15) is 9.29 Å². The van der Waals surface area contributed by atoms with Crippen LogP contribution in [0.2, 0.25) is 0 Å². The number of carbonyl (C=O) groups excluding carboxylic acids is 1. The lowest BCUT2D eigenvalue weighted by atomic mass is 10.0. The van der Waals surface area contributed by atoms with Gasteiger partial charge in [-0.3, -0.25) is 4.79 Å². The number of nitrogens with one attached hydrogen (secondary N) is 1. The molecule has 4 aromatic rings. The van der Waals surface area contributed by atoms with Crippen LogP contribution in [0.4, 0.5) is 5.69 Å². The molecule has 9 heteroatoms. The van der Waals surface area contributed by atoms with Gasteiger partial charge in [-0.25, -0.2) is 8.42 Å². The SMILES string of the molecule is Cc1nc(-c2ccccc2NC(=O)c2cccc(S(=O)(=O)N3CCc4ccccc4C3)c2)no1. The van der Waals surface area contributed by atoms with Gasteiger partial charge in [-0.15, -0.1) is 0 Å². The summed E-state index contributed by atoms with van der Waals surface area (Å²) < 4.78 is 33.2. The fourth-order valence-electron chi connectivity index (χ4n) is 4.01. The van der Waals surface area contributed by atoms with E-state index in [9.17, 15) is 13.2 Å². The summed E-state index contributed by atoms with van der Waals surface area (Å²) in [4.78, 5) is 17.3. The highest BCUT2D eigenvalue weighted by Crippen LogP contribution is 2.28. The maximum Gasteiger partial charge on any atom is 0.255 e. The predicted molar refractivity (Wildman–Crippen MR) is 127 cm³/mol. The quantitative estimate of drug-likeness (QED) is 0.468. The zero-order valence-electron chi connectivity index (χ0n) is 18.4. The standard InChI is InChI=1S/C25H22N4O4S/c1-17-26-24(28-33-17)22-11-4-5-12-23(22)27-25(30)19-9-6-10-21(15-19)34(31,32)29-14-13-18-7-2-3-8-20(18)16-29/h2-12,15H,13-14,16H2,1H3,(H,27,30). The molecule has 0 radical (unpaired) electrons. The molecule has 1 N–H and O–H groups in total. The minimum atomic E-state index is -3.76. The Bertz CT molecular complexity index is 1480. The van der Waals surface area contributed by atoms with E-state index < -0.39 is 15.9 Å². The molecule has 0 saturated carbocycles. The van der Waals surface area contributed by atoms with Crippen molar-refractivity contribution in [1.82, 2.24) is 14.4 Å². The molecule has 0 fully saturated rings. The lowest BCUT2D eigenvalue weighted by molar-refractivity contribution is 0.102. The van der Waals surface area contributed by atoms with E-state index in [1.165, 1.54) is 16.4 Å². The van der Waals surface area contributed by atoms with Crippen molar-refractivity contribution in [1.29, 1.82) is 0 Å². The van der Waals surface area contributed by atoms with E-state index in [1.807, 2.05) is 24.3 Å². The number of para-hydroxylation sites is 1. The number of aromatic nitrogens is 2. The van der Waals surface area contributed by atoms with Crippen LogP contribution in [0.15, 0.2) is 82.2 Å². The fraction of sp³-hybridized carbons (Fsp3) is 0.160. The van der Waals surface area contributed by atoms with Crippen molar-refractivity contribution in [2.45, 2.75) is 24.8 Å². The highest BCUT2D eigenvalue weighted by atomic mass is 32.2. The minimum Gasteiger partial charge on any atom is -0.339 e. The predicted octanol–water partition coefficient (Wildman–Crippen LogP) is 4.04. The molecule has 3 aromatic carbocycles. The average molecular weight is 475 g/mol. The first-order valence-corrected chi connectivity index (χ1v) is 12.2. The number of hydrogen-bond donors (Lipinski definition) is 1. The highest BCUT2D eigenvalue weighted by molar-refractivity contribution is 7.89. The Kier molecular flexibility index (Phi) is 5.72. The summed E-state index contributed by atoms with van der Waals surface area (Å²) in [5, 5.41) is 6.76. The average Bonchev–Trinajstić information content (AvgIpc) is 3.30. The number of rotatable bonds is 5. The van der Waals surface area contributed by atoms with Crippen LogP contribution < -0.4 is 5.32 Å². The van der Waals surface area contributed by atoms with Gasteiger partial charge in [-0.05, 0) is 47.9 Å². The van der Waals surface area contributed by atoms with Crippen molar-refractivity contribution < 1.29 is 17.7 Å². The summed E-state index contributed by atoms with van der Waals surface area (Å²) in [6.45, 7) is 2.39. The van der Waals surface area contributed by atoms with Crippen LogP contribution >= 0.6 is 0 Å². The van der Waals surface area contributed by atoms with Crippen LogP contribution in [0.1, 0.15) is 27.4 Å². The fourth-order valence-corrected chi connectivity index (χ4v) is 5.48. The molecule has 1 amide bonds. The molecule has 8 nitrogen and oxygen atoms in total. The molecule has 1 aliphatic heterocycles. The number of fused-ring (bicyclic) bond motifs is 1. The molecule has 0 unspecified atom stereocenters. The van der Waals surface area contributed by atoms with Crippen LogP contribution in [0.3, 0.4) is 0 Å². The van der Waals surface area contributed by atoms with Crippen molar-refractivity contribution in [3.05, 3.63) is 95.4 Å². The first kappa shape index (κ1) is 22.0. The van der Waals surface area contributed by atoms with Crippen LogP contribution in [0, 0.1) is 6.92 Å². The first-order valence-electron chi connectivity index (χ1n) is 10.8. The molecule has 0 saturated heterocycles. The van der Waals surface area contributed by atoms with Gasteiger partial charge in [0, 0.05) is 31.1 Å². The second-order valence-corrected chi connectivity index (χ2v) is 9.96. The van der Waals surface area contributed by atoms with Crippen LogP contribution in [-0.4, -0.2) is 35.3 Å². The second kappa shape index (κ2) is 8.85. The summed E-state index contributed by atoms with van der Waals surface area (Å²) in [5.41, 5.74) is 3.49. The maximum absolute atomic E-state index is 13.3. The molecule has 5 rings (SSSR count). The summed E-state index contributed by atoms with van der Waals surface area (Å²) in [7, 11) is -3.76. The van der Waals surface area contributed by atoms with Crippen molar-refractivity contribution in [2.75, 3.05) is 11.9 Å². The third-order valence-electron chi connectivity index (χ3n) is 5.77. The monoisotopic (exact) mass is 474 g/mol. The van der Waals surface area contributed by atoms with Crippen molar-refractivity contribution in [3.63, 3.8) is 0 Å². The molecule has 0 spiro atoms. The van der Waals surface area contributed by atoms with E-state index in [-0.39, 0.29) is 10.5 Å². The maximum atomic E-state index is 13.3. The number of anilines is 1. The third-order valence-corrected chi connectivity index (χ3v) is 7.61. The van der Waals surface area contributed by atoms with Crippen molar-refractivity contribution in [2.24, 2.45) is 0 Å². The number of nitrogens with zero attached hydrogens (tertiary/aromatic N) is 3. The van der Waals surface area contributed by atoms with E-state index in [4.69, 9.17) is 4.52 Å². The molecule has 0 aliphatic carbocycles. The van der Waals surface area contributed by atoms with Gasteiger partial charge < -0.3 is 9.84 Å². The molecule has 0 atom stereocenters. The van der Waals surface area contributed by atoms with Gasteiger partial charge in [-0.1, -0.05) is 47.6 Å². The van der Waals surface area contributed by atoms with Gasteiger partial charge >= 0.3 is 0 Å². The molecule has 2 heterocycles. The molecular weight excluding hydrogens is 452 g/mol. The zero-order chi connectivity index (χ0) is 23.7. The van der Waals surface area contributed by atoms with E-state index in [0.29, 0.717) is 42.5 Å². The van der Waals surface area contributed by atoms with Gasteiger partial charge in [0.15, 0.2) is 0 Å².